The maximum absolute atomic E-state index is 12.0. The summed E-state index contributed by atoms with van der Waals surface area (Å²) >= 11 is 0. The van der Waals surface area contributed by atoms with Crippen LogP contribution in [0.1, 0.15) is 12.5 Å². The van der Waals surface area contributed by atoms with Crippen LogP contribution in [0.2, 0.25) is 0 Å². The summed E-state index contributed by atoms with van der Waals surface area (Å²) < 4.78 is 22.9. The average Bonchev–Trinajstić information content (AvgIpc) is 2.36. The number of carbonyl (C=O) groups is 1. The molecule has 0 radical (unpaired) electrons. The second-order valence-electron chi connectivity index (χ2n) is 4.80. The molecule has 0 spiro atoms. The van der Waals surface area contributed by atoms with Gasteiger partial charge in [0.25, 0.3) is 0 Å². The van der Waals surface area contributed by atoms with E-state index in [4.69, 9.17) is 0 Å². The molecule has 1 aliphatic heterocycles. The van der Waals surface area contributed by atoms with Gasteiger partial charge in [-0.1, -0.05) is 30.3 Å². The quantitative estimate of drug-likeness (QED) is 0.880. The Bertz CT molecular complexity index is 542. The first-order valence-electron chi connectivity index (χ1n) is 6.27. The van der Waals surface area contributed by atoms with Crippen LogP contribution in [-0.2, 0) is 16.4 Å². The van der Waals surface area contributed by atoms with Gasteiger partial charge in [-0.2, -0.15) is 0 Å². The molecule has 1 heterocycles. The number of carbonyl (C=O) groups excluding carboxylic acids is 1. The number of hydrogen-bond acceptors (Lipinski definition) is 3. The van der Waals surface area contributed by atoms with Crippen LogP contribution in [0.5, 0.6) is 0 Å². The van der Waals surface area contributed by atoms with Crippen LogP contribution in [0, 0.1) is 0 Å². The topological polar surface area (TPSA) is 66.5 Å². The van der Waals surface area contributed by atoms with Crippen molar-refractivity contribution >= 4 is 15.9 Å². The molecule has 6 heteroatoms. The second kappa shape index (κ2) is 5.61. The van der Waals surface area contributed by atoms with Crippen LogP contribution in [0.25, 0.3) is 0 Å². The van der Waals surface area contributed by atoms with Gasteiger partial charge in [-0.25, -0.2) is 13.2 Å². The van der Waals surface area contributed by atoms with Crippen LogP contribution < -0.4 is 5.32 Å². The summed E-state index contributed by atoms with van der Waals surface area (Å²) in [6, 6.07) is 9.15. The normalized spacial score (nSPS) is 21.9. The first-order chi connectivity index (χ1) is 8.98. The van der Waals surface area contributed by atoms with Crippen molar-refractivity contribution in [3.05, 3.63) is 35.9 Å². The molecule has 1 aromatic carbocycles. The zero-order valence-corrected chi connectivity index (χ0v) is 11.7. The maximum Gasteiger partial charge on any atom is 0.317 e. The Labute approximate surface area is 113 Å². The van der Waals surface area contributed by atoms with E-state index < -0.39 is 9.84 Å². The van der Waals surface area contributed by atoms with Crippen molar-refractivity contribution < 1.29 is 13.2 Å². The number of sulfone groups is 1. The fourth-order valence-electron chi connectivity index (χ4n) is 2.18. The van der Waals surface area contributed by atoms with Crippen molar-refractivity contribution in [3.8, 4) is 0 Å². The zero-order chi connectivity index (χ0) is 13.9. The minimum Gasteiger partial charge on any atom is -0.334 e. The predicted molar refractivity (Wildman–Crippen MR) is 73.5 cm³/mol. The Morgan fingerprint density at radius 2 is 2.05 bits per heavy atom. The molecule has 1 unspecified atom stereocenters. The predicted octanol–water partition coefficient (Wildman–Crippen LogP) is 1.02. The van der Waals surface area contributed by atoms with Gasteiger partial charge in [0.1, 0.15) is 0 Å². The third kappa shape index (κ3) is 3.70. The Hall–Kier alpha value is -1.56. The van der Waals surface area contributed by atoms with E-state index in [-0.39, 0.29) is 30.1 Å². The van der Waals surface area contributed by atoms with Crippen LogP contribution in [-0.4, -0.2) is 43.4 Å². The van der Waals surface area contributed by atoms with Crippen molar-refractivity contribution in [2.75, 3.05) is 18.1 Å². The standard InChI is InChI=1S/C13H18N2O3S/c1-11-10-19(17,18)8-7-15(11)13(16)14-9-12-5-3-2-4-6-12/h2-6,11H,7-10H2,1H3,(H,14,16). The van der Waals surface area contributed by atoms with E-state index in [1.807, 2.05) is 30.3 Å². The monoisotopic (exact) mass is 282 g/mol. The number of rotatable bonds is 2. The first kappa shape index (κ1) is 13.9. The van der Waals surface area contributed by atoms with E-state index in [0.29, 0.717) is 6.54 Å². The molecule has 0 aromatic heterocycles. The van der Waals surface area contributed by atoms with E-state index in [2.05, 4.69) is 5.32 Å². The number of nitrogens with one attached hydrogen (secondary N) is 1. The lowest BCUT2D eigenvalue weighted by atomic mass is 10.2. The smallest absolute Gasteiger partial charge is 0.317 e. The van der Waals surface area contributed by atoms with E-state index >= 15 is 0 Å². The lowest BCUT2D eigenvalue weighted by molar-refractivity contribution is 0.184. The lowest BCUT2D eigenvalue weighted by Gasteiger charge is -2.33. The SMILES string of the molecule is CC1CS(=O)(=O)CCN1C(=O)NCc1ccccc1. The zero-order valence-electron chi connectivity index (χ0n) is 10.9. The molecule has 1 aromatic rings. The van der Waals surface area contributed by atoms with Gasteiger partial charge < -0.3 is 10.2 Å². The number of hydrogen-bond donors (Lipinski definition) is 1. The van der Waals surface area contributed by atoms with Gasteiger partial charge in [-0.3, -0.25) is 0 Å². The Morgan fingerprint density at radius 1 is 1.37 bits per heavy atom. The Morgan fingerprint density at radius 3 is 2.68 bits per heavy atom. The molecule has 19 heavy (non-hydrogen) atoms. The number of amides is 2. The van der Waals surface area contributed by atoms with E-state index in [1.165, 1.54) is 0 Å². The van der Waals surface area contributed by atoms with Crippen molar-refractivity contribution in [1.29, 1.82) is 0 Å². The Kier molecular flexibility index (Phi) is 4.09. The summed E-state index contributed by atoms with van der Waals surface area (Å²) in [6.45, 7) is 2.48. The molecule has 1 fully saturated rings. The molecule has 1 saturated heterocycles. The van der Waals surface area contributed by atoms with Crippen LogP contribution in [0.3, 0.4) is 0 Å². The summed E-state index contributed by atoms with van der Waals surface area (Å²) in [5, 5.41) is 2.82. The minimum atomic E-state index is -2.99. The Balaban J connectivity index is 1.90. The van der Waals surface area contributed by atoms with Crippen LogP contribution in [0.15, 0.2) is 30.3 Å². The van der Waals surface area contributed by atoms with Gasteiger partial charge in [0.2, 0.25) is 0 Å². The van der Waals surface area contributed by atoms with Crippen LogP contribution in [0.4, 0.5) is 4.79 Å². The molecule has 0 saturated carbocycles. The van der Waals surface area contributed by atoms with Crippen molar-refractivity contribution in [2.45, 2.75) is 19.5 Å². The maximum atomic E-state index is 12.0. The first-order valence-corrected chi connectivity index (χ1v) is 8.09. The van der Waals surface area contributed by atoms with Crippen LogP contribution >= 0.6 is 0 Å². The van der Waals surface area contributed by atoms with Gasteiger partial charge in [0.15, 0.2) is 9.84 Å². The summed E-state index contributed by atoms with van der Waals surface area (Å²) in [4.78, 5) is 13.6. The molecule has 0 aliphatic carbocycles. The molecule has 104 valence electrons. The van der Waals surface area contributed by atoms with Crippen molar-refractivity contribution in [2.24, 2.45) is 0 Å². The third-order valence-electron chi connectivity index (χ3n) is 3.22. The fraction of sp³-hybridized carbons (Fsp3) is 0.462. The van der Waals surface area contributed by atoms with E-state index in [9.17, 15) is 13.2 Å². The molecule has 5 nitrogen and oxygen atoms in total. The van der Waals surface area contributed by atoms with Gasteiger partial charge in [-0.15, -0.1) is 0 Å². The molecule has 1 N–H and O–H groups in total. The molecule has 2 rings (SSSR count). The van der Waals surface area contributed by atoms with Gasteiger partial charge >= 0.3 is 6.03 Å². The molecular formula is C13H18N2O3S. The molecule has 0 bridgehead atoms. The van der Waals surface area contributed by atoms with E-state index in [0.717, 1.165) is 5.56 Å². The minimum absolute atomic E-state index is 0.0474. The highest BCUT2D eigenvalue weighted by Gasteiger charge is 2.30. The average molecular weight is 282 g/mol. The van der Waals surface area contributed by atoms with E-state index in [1.54, 1.807) is 11.8 Å². The number of urea groups is 1. The summed E-state index contributed by atoms with van der Waals surface area (Å²) in [6.07, 6.45) is 0. The largest absolute Gasteiger partial charge is 0.334 e. The number of nitrogens with zero attached hydrogens (tertiary/aromatic N) is 1. The molecule has 1 atom stereocenters. The van der Waals surface area contributed by atoms with Gasteiger partial charge in [-0.05, 0) is 12.5 Å². The lowest BCUT2D eigenvalue weighted by Crippen LogP contribution is -2.53. The summed E-state index contributed by atoms with van der Waals surface area (Å²) in [7, 11) is -2.99. The highest BCUT2D eigenvalue weighted by Crippen LogP contribution is 2.11. The van der Waals surface area contributed by atoms with Gasteiger partial charge in [0.05, 0.1) is 11.5 Å². The molecular weight excluding hydrogens is 264 g/mol. The van der Waals surface area contributed by atoms with Crippen molar-refractivity contribution in [1.82, 2.24) is 10.2 Å². The summed E-state index contributed by atoms with van der Waals surface area (Å²) in [5.41, 5.74) is 1.02. The highest BCUT2D eigenvalue weighted by atomic mass is 32.2. The number of benzene rings is 1. The highest BCUT2D eigenvalue weighted by molar-refractivity contribution is 7.91. The fourth-order valence-corrected chi connectivity index (χ4v) is 3.73. The molecule has 2 amide bonds. The molecule has 1 aliphatic rings. The van der Waals surface area contributed by atoms with Crippen molar-refractivity contribution in [3.63, 3.8) is 0 Å². The summed E-state index contributed by atoms with van der Waals surface area (Å²) in [5.74, 6) is 0.0991. The second-order valence-corrected chi connectivity index (χ2v) is 7.03. The third-order valence-corrected chi connectivity index (χ3v) is 5.01. The van der Waals surface area contributed by atoms with Gasteiger partial charge in [0, 0.05) is 19.1 Å².